The molecule has 2 atom stereocenters. The number of nitrogens with one attached hydrogen (secondary N) is 1. The lowest BCUT2D eigenvalue weighted by Gasteiger charge is -2.53. The zero-order valence-corrected chi connectivity index (χ0v) is 16.0. The molecule has 4 nitrogen and oxygen atoms in total. The molecule has 1 saturated carbocycles. The van der Waals surface area contributed by atoms with E-state index in [1.807, 2.05) is 21.3 Å². The molecule has 1 N–H and O–H groups in total. The van der Waals surface area contributed by atoms with Crippen LogP contribution in [-0.4, -0.2) is 47.2 Å². The summed E-state index contributed by atoms with van der Waals surface area (Å²) in [7, 11) is 3.14. The summed E-state index contributed by atoms with van der Waals surface area (Å²) in [5.74, 6) is 0. The summed E-state index contributed by atoms with van der Waals surface area (Å²) in [6.45, 7) is 2.23. The van der Waals surface area contributed by atoms with Crippen molar-refractivity contribution in [2.45, 2.75) is 88.1 Å². The standard InChI is InChI=1S/C17H35NO3Si/c1-5-13-17(19-2)16(18-15-10-7-6-8-11-15)12-9-14-22(17,20-3)21-4/h15-16,18H,5-14H2,1-4H3. The van der Waals surface area contributed by atoms with Gasteiger partial charge in [-0.2, -0.15) is 0 Å². The Labute approximate surface area is 137 Å². The van der Waals surface area contributed by atoms with Crippen LogP contribution in [0.2, 0.25) is 6.04 Å². The Balaban J connectivity index is 2.24. The van der Waals surface area contributed by atoms with Gasteiger partial charge in [-0.3, -0.25) is 0 Å². The Morgan fingerprint density at radius 2 is 1.68 bits per heavy atom. The van der Waals surface area contributed by atoms with E-state index in [1.165, 1.54) is 44.9 Å². The summed E-state index contributed by atoms with van der Waals surface area (Å²) in [5.41, 5.74) is 0. The van der Waals surface area contributed by atoms with E-state index < -0.39 is 8.56 Å². The van der Waals surface area contributed by atoms with Crippen molar-refractivity contribution in [1.82, 2.24) is 5.32 Å². The first kappa shape index (κ1) is 18.4. The third-order valence-corrected chi connectivity index (χ3v) is 10.3. The largest absolute Gasteiger partial charge is 0.396 e. The average Bonchev–Trinajstić information content (AvgIpc) is 2.57. The number of ether oxygens (including phenoxy) is 1. The highest BCUT2D eigenvalue weighted by Crippen LogP contribution is 2.43. The number of hydrogen-bond acceptors (Lipinski definition) is 4. The van der Waals surface area contributed by atoms with Gasteiger partial charge in [0, 0.05) is 33.4 Å². The predicted molar refractivity (Wildman–Crippen MR) is 92.3 cm³/mol. The minimum absolute atomic E-state index is 0.263. The van der Waals surface area contributed by atoms with Gasteiger partial charge in [-0.15, -0.1) is 0 Å². The SMILES string of the molecule is CCCC1(OC)C(NC2CCCCC2)CCC[Si]1(OC)OC. The van der Waals surface area contributed by atoms with Crippen LogP contribution < -0.4 is 5.32 Å². The molecule has 0 amide bonds. The predicted octanol–water partition coefficient (Wildman–Crippen LogP) is 3.53. The van der Waals surface area contributed by atoms with Crippen LogP contribution in [0.5, 0.6) is 0 Å². The summed E-state index contributed by atoms with van der Waals surface area (Å²) >= 11 is 0. The third-order valence-electron chi connectivity index (χ3n) is 5.89. The van der Waals surface area contributed by atoms with Gasteiger partial charge in [-0.1, -0.05) is 32.6 Å². The summed E-state index contributed by atoms with van der Waals surface area (Å²) in [6, 6.07) is 2.04. The number of methoxy groups -OCH3 is 1. The van der Waals surface area contributed by atoms with Crippen LogP contribution in [0.4, 0.5) is 0 Å². The van der Waals surface area contributed by atoms with Crippen molar-refractivity contribution in [3.63, 3.8) is 0 Å². The quantitative estimate of drug-likeness (QED) is 0.725. The van der Waals surface area contributed by atoms with Gasteiger partial charge < -0.3 is 18.9 Å². The second-order valence-corrected chi connectivity index (χ2v) is 10.6. The van der Waals surface area contributed by atoms with E-state index in [0.29, 0.717) is 12.1 Å². The van der Waals surface area contributed by atoms with Gasteiger partial charge in [-0.25, -0.2) is 0 Å². The second kappa shape index (κ2) is 8.24. The van der Waals surface area contributed by atoms with Gasteiger partial charge in [0.1, 0.15) is 5.22 Å². The highest BCUT2D eigenvalue weighted by molar-refractivity contribution is 6.71. The molecule has 2 aliphatic rings. The molecule has 0 spiro atoms. The smallest absolute Gasteiger partial charge is 0.372 e. The molecular weight excluding hydrogens is 294 g/mol. The van der Waals surface area contributed by atoms with E-state index in [1.54, 1.807) is 0 Å². The third kappa shape index (κ3) is 3.29. The number of hydrogen-bond donors (Lipinski definition) is 1. The maximum absolute atomic E-state index is 6.22. The molecule has 0 bridgehead atoms. The maximum Gasteiger partial charge on any atom is 0.372 e. The van der Waals surface area contributed by atoms with Crippen LogP contribution >= 0.6 is 0 Å². The van der Waals surface area contributed by atoms with Crippen molar-refractivity contribution in [1.29, 1.82) is 0 Å². The second-order valence-electron chi connectivity index (χ2n) is 6.95. The fraction of sp³-hybridized carbons (Fsp3) is 1.00. The van der Waals surface area contributed by atoms with Gasteiger partial charge in [0.2, 0.25) is 0 Å². The van der Waals surface area contributed by atoms with Gasteiger partial charge in [0.15, 0.2) is 0 Å². The molecule has 130 valence electrons. The zero-order valence-electron chi connectivity index (χ0n) is 15.0. The topological polar surface area (TPSA) is 39.7 Å². The monoisotopic (exact) mass is 329 g/mol. The van der Waals surface area contributed by atoms with Crippen molar-refractivity contribution in [2.75, 3.05) is 21.3 Å². The molecule has 5 heteroatoms. The highest BCUT2D eigenvalue weighted by Gasteiger charge is 2.63. The molecule has 2 fully saturated rings. The van der Waals surface area contributed by atoms with Crippen molar-refractivity contribution in [3.05, 3.63) is 0 Å². The molecule has 1 heterocycles. The Morgan fingerprint density at radius 3 is 2.23 bits per heavy atom. The Kier molecular flexibility index (Phi) is 6.89. The van der Waals surface area contributed by atoms with Crippen molar-refractivity contribution < 1.29 is 13.6 Å². The molecule has 1 aliphatic heterocycles. The van der Waals surface area contributed by atoms with E-state index >= 15 is 0 Å². The van der Waals surface area contributed by atoms with Crippen LogP contribution in [0.25, 0.3) is 0 Å². The Bertz CT molecular complexity index is 332. The minimum atomic E-state index is -2.36. The minimum Gasteiger partial charge on any atom is -0.396 e. The highest BCUT2D eigenvalue weighted by atomic mass is 28.4. The fourth-order valence-corrected chi connectivity index (χ4v) is 8.85. The molecule has 0 aromatic carbocycles. The van der Waals surface area contributed by atoms with Gasteiger partial charge in [0.05, 0.1) is 0 Å². The summed E-state index contributed by atoms with van der Waals surface area (Å²) < 4.78 is 18.3. The van der Waals surface area contributed by atoms with Gasteiger partial charge in [0.25, 0.3) is 0 Å². The van der Waals surface area contributed by atoms with E-state index in [2.05, 4.69) is 12.2 Å². The van der Waals surface area contributed by atoms with Crippen molar-refractivity contribution in [3.8, 4) is 0 Å². The molecular formula is C17H35NO3Si. The van der Waals surface area contributed by atoms with Crippen LogP contribution in [0.15, 0.2) is 0 Å². The van der Waals surface area contributed by atoms with Gasteiger partial charge >= 0.3 is 8.56 Å². The normalized spacial score (nSPS) is 33.0. The molecule has 0 aromatic heterocycles. The van der Waals surface area contributed by atoms with Crippen LogP contribution in [0.1, 0.15) is 64.7 Å². The summed E-state index contributed by atoms with van der Waals surface area (Å²) in [4.78, 5) is 0. The van der Waals surface area contributed by atoms with E-state index in [9.17, 15) is 0 Å². The number of rotatable bonds is 7. The van der Waals surface area contributed by atoms with Crippen LogP contribution in [0.3, 0.4) is 0 Å². The first-order valence-electron chi connectivity index (χ1n) is 9.09. The summed E-state index contributed by atoms with van der Waals surface area (Å²) in [6.07, 6.45) is 11.2. The summed E-state index contributed by atoms with van der Waals surface area (Å²) in [5, 5.41) is 3.69. The molecule has 0 radical (unpaired) electrons. The molecule has 1 aliphatic carbocycles. The van der Waals surface area contributed by atoms with Crippen LogP contribution in [0, 0.1) is 0 Å². The van der Waals surface area contributed by atoms with E-state index in [-0.39, 0.29) is 5.22 Å². The first-order chi connectivity index (χ1) is 10.7. The lowest BCUT2D eigenvalue weighted by atomic mass is 9.92. The molecule has 2 rings (SSSR count). The van der Waals surface area contributed by atoms with Crippen LogP contribution in [-0.2, 0) is 13.6 Å². The Morgan fingerprint density at radius 1 is 1.00 bits per heavy atom. The lowest BCUT2D eigenvalue weighted by Crippen LogP contribution is -2.74. The Hall–Kier alpha value is 0.0569. The van der Waals surface area contributed by atoms with E-state index in [4.69, 9.17) is 13.6 Å². The van der Waals surface area contributed by atoms with Gasteiger partial charge in [-0.05, 0) is 38.1 Å². The average molecular weight is 330 g/mol. The zero-order chi connectivity index (χ0) is 16.1. The molecule has 2 unspecified atom stereocenters. The molecule has 22 heavy (non-hydrogen) atoms. The van der Waals surface area contributed by atoms with Crippen molar-refractivity contribution >= 4 is 8.56 Å². The van der Waals surface area contributed by atoms with E-state index in [0.717, 1.165) is 18.9 Å². The lowest BCUT2D eigenvalue weighted by molar-refractivity contribution is -0.0408. The first-order valence-corrected chi connectivity index (χ1v) is 11.1. The maximum atomic E-state index is 6.22. The molecule has 0 aromatic rings. The fourth-order valence-electron chi connectivity index (χ4n) is 4.79. The van der Waals surface area contributed by atoms with Crippen molar-refractivity contribution in [2.24, 2.45) is 0 Å². The molecule has 1 saturated heterocycles.